The van der Waals surface area contributed by atoms with Crippen molar-refractivity contribution in [3.8, 4) is 11.5 Å². The lowest BCUT2D eigenvalue weighted by Crippen LogP contribution is -2.27. The number of cyclic esters (lactones) is 1. The summed E-state index contributed by atoms with van der Waals surface area (Å²) in [4.78, 5) is 64.8. The lowest BCUT2D eigenvalue weighted by molar-refractivity contribution is -0.148. The van der Waals surface area contributed by atoms with Crippen molar-refractivity contribution in [3.05, 3.63) is 23.3 Å². The largest absolute Gasteiger partial charge is 0.507 e. The van der Waals surface area contributed by atoms with Crippen molar-refractivity contribution in [2.24, 2.45) is 5.92 Å². The molecule has 0 spiro atoms. The van der Waals surface area contributed by atoms with Gasteiger partial charge in [0.15, 0.2) is 0 Å². The smallest absolute Gasteiger partial charge is 0.342 e. The summed E-state index contributed by atoms with van der Waals surface area (Å²) in [6, 6.07) is 2.84. The Hall–Kier alpha value is -3.27. The highest BCUT2D eigenvalue weighted by Crippen LogP contribution is 2.33. The Balaban J connectivity index is 2.27. The Morgan fingerprint density at radius 3 is 2.53 bits per heavy atom. The molecular formula is C24H31NO9. The molecule has 0 bridgehead atoms. The number of benzene rings is 1. The zero-order valence-electron chi connectivity index (χ0n) is 19.7. The van der Waals surface area contributed by atoms with Gasteiger partial charge in [0.05, 0.1) is 6.61 Å². The first kappa shape index (κ1) is 27.0. The maximum atomic E-state index is 13.0. The number of nitrogens with one attached hydrogen (secondary N) is 1. The number of carbonyl (C=O) groups is 5. The second-order valence-corrected chi connectivity index (χ2v) is 8.28. The standard InChI is InChI=1S/C24H31NO9/c1-14-8-9-20(29)23(30)19(28)7-4-6-17-21(32-13-5-12-25-34-16(3)26)11-10-18(27)22(17)24(31)33-15(14)2/h10-11,14-15,25,27H,4-9,12-13H2,1-3H3/t14-,15+/m1/s1. The van der Waals surface area contributed by atoms with E-state index in [1.807, 2.05) is 0 Å². The molecule has 186 valence electrons. The second-order valence-electron chi connectivity index (χ2n) is 8.28. The fourth-order valence-corrected chi connectivity index (χ4v) is 3.45. The highest BCUT2D eigenvalue weighted by Gasteiger charge is 2.28. The summed E-state index contributed by atoms with van der Waals surface area (Å²) in [6.45, 7) is 5.25. The number of fused-ring (bicyclic) bond motifs is 1. The van der Waals surface area contributed by atoms with Gasteiger partial charge in [-0.15, -0.1) is 0 Å². The second kappa shape index (κ2) is 12.8. The maximum absolute atomic E-state index is 13.0. The first-order valence-corrected chi connectivity index (χ1v) is 11.3. The number of carbonyl (C=O) groups excluding carboxylic acids is 5. The summed E-state index contributed by atoms with van der Waals surface area (Å²) >= 11 is 0. The Morgan fingerprint density at radius 2 is 1.82 bits per heavy atom. The molecule has 0 saturated carbocycles. The lowest BCUT2D eigenvalue weighted by atomic mass is 9.94. The van der Waals surface area contributed by atoms with Crippen LogP contribution in [0.5, 0.6) is 11.5 Å². The molecule has 1 aliphatic rings. The molecule has 34 heavy (non-hydrogen) atoms. The molecule has 1 aliphatic heterocycles. The minimum Gasteiger partial charge on any atom is -0.507 e. The van der Waals surface area contributed by atoms with Crippen molar-refractivity contribution in [2.45, 2.75) is 65.4 Å². The van der Waals surface area contributed by atoms with E-state index in [2.05, 4.69) is 10.3 Å². The van der Waals surface area contributed by atoms with Crippen LogP contribution in [0.15, 0.2) is 12.1 Å². The van der Waals surface area contributed by atoms with Gasteiger partial charge in [-0.25, -0.2) is 4.79 Å². The van der Waals surface area contributed by atoms with Gasteiger partial charge in [-0.05, 0) is 50.7 Å². The first-order chi connectivity index (χ1) is 16.1. The number of rotatable bonds is 6. The van der Waals surface area contributed by atoms with Crippen molar-refractivity contribution >= 4 is 29.3 Å². The Labute approximate surface area is 197 Å². The van der Waals surface area contributed by atoms with Crippen LogP contribution in [-0.4, -0.2) is 53.7 Å². The number of esters is 1. The first-order valence-electron chi connectivity index (χ1n) is 11.3. The van der Waals surface area contributed by atoms with Crippen LogP contribution in [0.3, 0.4) is 0 Å². The van der Waals surface area contributed by atoms with E-state index in [4.69, 9.17) is 9.47 Å². The SMILES string of the molecule is CC(=O)ONCCCOc1ccc(O)c2c1CCCC(=O)C(=O)C(=O)CC[C@@H](C)[C@H](C)OC2=O. The molecular weight excluding hydrogens is 446 g/mol. The van der Waals surface area contributed by atoms with Gasteiger partial charge in [0.2, 0.25) is 11.6 Å². The van der Waals surface area contributed by atoms with Crippen LogP contribution in [0.25, 0.3) is 0 Å². The predicted octanol–water partition coefficient (Wildman–Crippen LogP) is 2.23. The number of hydrogen-bond acceptors (Lipinski definition) is 10. The number of phenolic OH excluding ortho intramolecular Hbond substituents is 1. The molecule has 0 fully saturated rings. The third kappa shape index (κ3) is 7.65. The molecule has 2 rings (SSSR count). The Kier molecular flexibility index (Phi) is 10.2. The van der Waals surface area contributed by atoms with Gasteiger partial charge in [0.1, 0.15) is 23.2 Å². The van der Waals surface area contributed by atoms with E-state index in [1.54, 1.807) is 13.8 Å². The average Bonchev–Trinajstić information content (AvgIpc) is 2.78. The summed E-state index contributed by atoms with van der Waals surface area (Å²) in [5, 5.41) is 10.5. The van der Waals surface area contributed by atoms with E-state index < -0.39 is 35.4 Å². The number of hydrogen-bond donors (Lipinski definition) is 2. The number of Topliss-reactive ketones (excluding diaryl/α,β-unsaturated/α-hetero) is 3. The zero-order valence-corrected chi connectivity index (χ0v) is 19.7. The quantitative estimate of drug-likeness (QED) is 0.271. The number of ether oxygens (including phenoxy) is 2. The molecule has 2 atom stereocenters. The van der Waals surface area contributed by atoms with Crippen molar-refractivity contribution in [1.82, 2.24) is 5.48 Å². The molecule has 1 heterocycles. The van der Waals surface area contributed by atoms with Crippen LogP contribution in [0, 0.1) is 5.92 Å². The maximum Gasteiger partial charge on any atom is 0.342 e. The fraction of sp³-hybridized carbons (Fsp3) is 0.542. The molecule has 0 aromatic heterocycles. The summed E-state index contributed by atoms with van der Waals surface area (Å²) < 4.78 is 11.3. The molecule has 10 nitrogen and oxygen atoms in total. The molecule has 1 aromatic carbocycles. The van der Waals surface area contributed by atoms with Gasteiger partial charge >= 0.3 is 11.9 Å². The van der Waals surface area contributed by atoms with Gasteiger partial charge in [-0.2, -0.15) is 5.48 Å². The topological polar surface area (TPSA) is 145 Å². The zero-order chi connectivity index (χ0) is 25.3. The van der Waals surface area contributed by atoms with Crippen LogP contribution in [0.2, 0.25) is 0 Å². The number of hydroxylamine groups is 1. The van der Waals surface area contributed by atoms with Crippen LogP contribution in [0.4, 0.5) is 0 Å². The van der Waals surface area contributed by atoms with Crippen LogP contribution in [-0.2, 0) is 35.2 Å². The molecule has 0 radical (unpaired) electrons. The van der Waals surface area contributed by atoms with Crippen LogP contribution >= 0.6 is 0 Å². The molecule has 10 heteroatoms. The van der Waals surface area contributed by atoms with Crippen molar-refractivity contribution in [2.75, 3.05) is 13.2 Å². The summed E-state index contributed by atoms with van der Waals surface area (Å²) in [5.41, 5.74) is 2.78. The van der Waals surface area contributed by atoms with E-state index in [-0.39, 0.29) is 55.9 Å². The monoisotopic (exact) mass is 477 g/mol. The highest BCUT2D eigenvalue weighted by molar-refractivity contribution is 6.63. The molecule has 0 saturated heterocycles. The molecule has 2 N–H and O–H groups in total. The molecule has 0 aliphatic carbocycles. The minimum atomic E-state index is -1.01. The van der Waals surface area contributed by atoms with Crippen molar-refractivity contribution < 1.29 is 43.4 Å². The van der Waals surface area contributed by atoms with E-state index in [0.717, 1.165) is 0 Å². The van der Waals surface area contributed by atoms with Crippen LogP contribution in [0.1, 0.15) is 68.8 Å². The van der Waals surface area contributed by atoms with Crippen molar-refractivity contribution in [3.63, 3.8) is 0 Å². The summed E-state index contributed by atoms with van der Waals surface area (Å²) in [6.07, 6.45) is 0.173. The van der Waals surface area contributed by atoms with Gasteiger partial charge in [0, 0.05) is 31.9 Å². The lowest BCUT2D eigenvalue weighted by Gasteiger charge is -2.22. The van der Waals surface area contributed by atoms with Gasteiger partial charge in [-0.1, -0.05) is 6.92 Å². The third-order valence-corrected chi connectivity index (χ3v) is 5.61. The van der Waals surface area contributed by atoms with E-state index >= 15 is 0 Å². The minimum absolute atomic E-state index is 0.0542. The highest BCUT2D eigenvalue weighted by atomic mass is 16.7. The Morgan fingerprint density at radius 1 is 1.12 bits per heavy atom. The van der Waals surface area contributed by atoms with Crippen molar-refractivity contribution in [1.29, 1.82) is 0 Å². The molecule has 0 amide bonds. The normalized spacial score (nSPS) is 20.2. The van der Waals surface area contributed by atoms with E-state index in [9.17, 15) is 29.1 Å². The predicted molar refractivity (Wildman–Crippen MR) is 119 cm³/mol. The van der Waals surface area contributed by atoms with Gasteiger partial charge in [-0.3, -0.25) is 19.2 Å². The average molecular weight is 478 g/mol. The summed E-state index contributed by atoms with van der Waals surface area (Å²) in [5.74, 6) is -3.95. The number of phenols is 1. The fourth-order valence-electron chi connectivity index (χ4n) is 3.45. The number of aromatic hydroxyl groups is 1. The van der Waals surface area contributed by atoms with Gasteiger partial charge in [0.25, 0.3) is 5.78 Å². The van der Waals surface area contributed by atoms with E-state index in [0.29, 0.717) is 24.3 Å². The number of ketones is 3. The Bertz CT molecular complexity index is 941. The van der Waals surface area contributed by atoms with Crippen LogP contribution < -0.4 is 10.2 Å². The van der Waals surface area contributed by atoms with Gasteiger partial charge < -0.3 is 19.4 Å². The molecule has 1 aromatic rings. The third-order valence-electron chi connectivity index (χ3n) is 5.61. The van der Waals surface area contributed by atoms with E-state index in [1.165, 1.54) is 19.1 Å². The summed E-state index contributed by atoms with van der Waals surface area (Å²) in [7, 11) is 0. The molecule has 0 unspecified atom stereocenters.